The summed E-state index contributed by atoms with van der Waals surface area (Å²) in [5, 5.41) is 2.59. The van der Waals surface area contributed by atoms with Crippen LogP contribution in [0.15, 0.2) is 66.9 Å². The van der Waals surface area contributed by atoms with Crippen LogP contribution in [0.3, 0.4) is 0 Å². The lowest BCUT2D eigenvalue weighted by Gasteiger charge is -2.10. The summed E-state index contributed by atoms with van der Waals surface area (Å²) in [7, 11) is 0. The van der Waals surface area contributed by atoms with Crippen molar-refractivity contribution < 1.29 is 14.3 Å². The molecule has 1 aliphatic heterocycles. The normalized spacial score (nSPS) is 15.3. The first-order valence-electron chi connectivity index (χ1n) is 8.00. The van der Waals surface area contributed by atoms with Crippen LogP contribution in [0.1, 0.15) is 11.1 Å². The Morgan fingerprint density at radius 3 is 2.58 bits per heavy atom. The Balaban J connectivity index is 1.79. The van der Waals surface area contributed by atoms with Crippen molar-refractivity contribution in [2.75, 3.05) is 6.54 Å². The molecular weight excluding hydrogens is 443 g/mol. The molecule has 1 heterocycles. The molecule has 3 amide bonds. The van der Waals surface area contributed by atoms with Gasteiger partial charge in [-0.1, -0.05) is 36.4 Å². The third-order valence-electron chi connectivity index (χ3n) is 3.80. The van der Waals surface area contributed by atoms with E-state index in [1.807, 2.05) is 48.5 Å². The lowest BCUT2D eigenvalue weighted by Crippen LogP contribution is -2.30. The quantitative estimate of drug-likeness (QED) is 0.308. The lowest BCUT2D eigenvalue weighted by molar-refractivity contribution is -0.122. The highest BCUT2D eigenvalue weighted by atomic mass is 127. The van der Waals surface area contributed by atoms with Crippen LogP contribution in [-0.4, -0.2) is 23.4 Å². The molecule has 6 heteroatoms. The summed E-state index contributed by atoms with van der Waals surface area (Å²) in [5.74, 6) is 0.269. The van der Waals surface area contributed by atoms with E-state index in [0.717, 1.165) is 19.6 Å². The van der Waals surface area contributed by atoms with Crippen LogP contribution >= 0.6 is 22.6 Å². The average Bonchev–Trinajstić information content (AvgIpc) is 2.90. The van der Waals surface area contributed by atoms with Crippen molar-refractivity contribution in [3.63, 3.8) is 0 Å². The third-order valence-corrected chi connectivity index (χ3v) is 4.52. The van der Waals surface area contributed by atoms with Crippen LogP contribution in [0.2, 0.25) is 0 Å². The number of urea groups is 1. The Morgan fingerprint density at radius 2 is 1.85 bits per heavy atom. The zero-order valence-electron chi connectivity index (χ0n) is 13.9. The molecule has 0 atom stereocenters. The van der Waals surface area contributed by atoms with E-state index in [2.05, 4.69) is 34.5 Å². The van der Waals surface area contributed by atoms with Crippen LogP contribution in [0.4, 0.5) is 4.79 Å². The van der Waals surface area contributed by atoms with Gasteiger partial charge in [-0.3, -0.25) is 9.69 Å². The predicted molar refractivity (Wildman–Crippen MR) is 108 cm³/mol. The number of rotatable bonds is 6. The van der Waals surface area contributed by atoms with Crippen molar-refractivity contribution in [3.8, 4) is 5.75 Å². The second-order valence-corrected chi connectivity index (χ2v) is 6.89. The van der Waals surface area contributed by atoms with E-state index in [9.17, 15) is 9.59 Å². The minimum absolute atomic E-state index is 0.174. The first-order valence-corrected chi connectivity index (χ1v) is 9.08. The van der Waals surface area contributed by atoms with Gasteiger partial charge in [0.15, 0.2) is 0 Å². The van der Waals surface area contributed by atoms with E-state index in [0.29, 0.717) is 12.4 Å². The maximum Gasteiger partial charge on any atom is 0.329 e. The number of nitrogens with one attached hydrogen (secondary N) is 1. The molecule has 0 saturated carbocycles. The summed E-state index contributed by atoms with van der Waals surface area (Å²) in [4.78, 5) is 25.3. The van der Waals surface area contributed by atoms with Crippen molar-refractivity contribution in [1.82, 2.24) is 10.2 Å². The number of amides is 3. The van der Waals surface area contributed by atoms with E-state index in [-0.39, 0.29) is 18.1 Å². The van der Waals surface area contributed by atoms with Gasteiger partial charge in [0.05, 0.1) is 0 Å². The molecule has 0 unspecified atom stereocenters. The highest BCUT2D eigenvalue weighted by Crippen LogP contribution is 2.23. The number of halogens is 1. The maximum absolute atomic E-state index is 12.3. The zero-order chi connectivity index (χ0) is 18.5. The monoisotopic (exact) mass is 460 g/mol. The molecule has 5 nitrogen and oxygen atoms in total. The summed E-state index contributed by atoms with van der Waals surface area (Å²) < 4.78 is 7.07. The first kappa shape index (κ1) is 18.2. The fourth-order valence-corrected chi connectivity index (χ4v) is 2.85. The second kappa shape index (κ2) is 8.18. The van der Waals surface area contributed by atoms with Crippen molar-refractivity contribution in [2.24, 2.45) is 0 Å². The van der Waals surface area contributed by atoms with Gasteiger partial charge >= 0.3 is 6.03 Å². The Morgan fingerprint density at radius 1 is 1.12 bits per heavy atom. The van der Waals surface area contributed by atoms with Gasteiger partial charge in [-0.05, 0) is 52.4 Å². The smallest absolute Gasteiger partial charge is 0.329 e. The molecule has 0 aliphatic carbocycles. The molecule has 0 bridgehead atoms. The molecule has 132 valence electrons. The fourth-order valence-electron chi connectivity index (χ4n) is 2.49. The SMILES string of the molecule is C=CCN1C(=O)N/C(=C/c2ccccc2OCc2ccc(I)cc2)C1=O. The molecule has 26 heavy (non-hydrogen) atoms. The number of nitrogens with zero attached hydrogens (tertiary/aromatic N) is 1. The van der Waals surface area contributed by atoms with Gasteiger partial charge in [0.25, 0.3) is 5.91 Å². The predicted octanol–water partition coefficient (Wildman–Crippen LogP) is 3.95. The number of carbonyl (C=O) groups is 2. The number of benzene rings is 2. The highest BCUT2D eigenvalue weighted by molar-refractivity contribution is 14.1. The summed E-state index contributed by atoms with van der Waals surface area (Å²) in [6, 6.07) is 15.0. The maximum atomic E-state index is 12.3. The Kier molecular flexibility index (Phi) is 5.72. The third kappa shape index (κ3) is 4.13. The Labute approximate surface area is 165 Å². The minimum atomic E-state index is -0.446. The van der Waals surface area contributed by atoms with Crippen LogP contribution in [-0.2, 0) is 11.4 Å². The zero-order valence-corrected chi connectivity index (χ0v) is 16.1. The number of imide groups is 1. The number of hydrogen-bond donors (Lipinski definition) is 1. The number of para-hydroxylation sites is 1. The minimum Gasteiger partial charge on any atom is -0.488 e. The van der Waals surface area contributed by atoms with Crippen LogP contribution in [0.25, 0.3) is 6.08 Å². The van der Waals surface area contributed by atoms with E-state index < -0.39 is 6.03 Å². The standard InChI is InChI=1S/C20H17IN2O3/c1-2-11-23-19(24)17(22-20(23)25)12-15-5-3-4-6-18(15)26-13-14-7-9-16(21)10-8-14/h2-10,12H,1,11,13H2,(H,22,25)/b17-12+. The molecule has 0 radical (unpaired) electrons. The van der Waals surface area contributed by atoms with Gasteiger partial charge < -0.3 is 10.1 Å². The van der Waals surface area contributed by atoms with Crippen molar-refractivity contribution in [2.45, 2.75) is 6.61 Å². The number of carbonyl (C=O) groups excluding carboxylic acids is 2. The van der Waals surface area contributed by atoms with Crippen LogP contribution < -0.4 is 10.1 Å². The number of ether oxygens (including phenoxy) is 1. The second-order valence-electron chi connectivity index (χ2n) is 5.65. The molecule has 0 aromatic heterocycles. The summed E-state index contributed by atoms with van der Waals surface area (Å²) >= 11 is 2.26. The molecule has 1 saturated heterocycles. The molecule has 3 rings (SSSR count). The van der Waals surface area contributed by atoms with Crippen molar-refractivity contribution >= 4 is 40.6 Å². The molecular formula is C20H17IN2O3. The fraction of sp³-hybridized carbons (Fsp3) is 0.100. The molecule has 1 fully saturated rings. The topological polar surface area (TPSA) is 58.6 Å². The lowest BCUT2D eigenvalue weighted by atomic mass is 10.1. The molecule has 0 spiro atoms. The number of hydrogen-bond acceptors (Lipinski definition) is 3. The summed E-state index contributed by atoms with van der Waals surface area (Å²) in [6.07, 6.45) is 3.14. The van der Waals surface area contributed by atoms with Gasteiger partial charge in [-0.2, -0.15) is 0 Å². The molecule has 2 aromatic rings. The Bertz CT molecular complexity index is 875. The van der Waals surface area contributed by atoms with E-state index in [1.54, 1.807) is 6.08 Å². The largest absolute Gasteiger partial charge is 0.488 e. The highest BCUT2D eigenvalue weighted by Gasteiger charge is 2.32. The average molecular weight is 460 g/mol. The van der Waals surface area contributed by atoms with Gasteiger partial charge in [-0.15, -0.1) is 6.58 Å². The Hall–Kier alpha value is -2.61. The summed E-state index contributed by atoms with van der Waals surface area (Å²) in [6.45, 7) is 4.15. The van der Waals surface area contributed by atoms with Gasteiger partial charge in [0, 0.05) is 15.7 Å². The van der Waals surface area contributed by atoms with Crippen LogP contribution in [0, 0.1) is 3.57 Å². The van der Waals surface area contributed by atoms with Crippen molar-refractivity contribution in [1.29, 1.82) is 0 Å². The van der Waals surface area contributed by atoms with E-state index in [1.165, 1.54) is 6.08 Å². The summed E-state index contributed by atoms with van der Waals surface area (Å²) in [5.41, 5.74) is 2.00. The van der Waals surface area contributed by atoms with Gasteiger partial charge in [-0.25, -0.2) is 4.79 Å². The van der Waals surface area contributed by atoms with Crippen LogP contribution in [0.5, 0.6) is 5.75 Å². The van der Waals surface area contributed by atoms with E-state index >= 15 is 0 Å². The molecule has 2 aromatic carbocycles. The molecule has 1 aliphatic rings. The van der Waals surface area contributed by atoms with Gasteiger partial charge in [0.2, 0.25) is 0 Å². The van der Waals surface area contributed by atoms with Gasteiger partial charge in [0.1, 0.15) is 18.1 Å². The first-order chi connectivity index (χ1) is 12.6. The molecule has 1 N–H and O–H groups in total. The van der Waals surface area contributed by atoms with Crippen molar-refractivity contribution in [3.05, 3.63) is 81.6 Å². The van der Waals surface area contributed by atoms with E-state index in [4.69, 9.17) is 4.74 Å².